The predicted octanol–water partition coefficient (Wildman–Crippen LogP) is 4.27. The van der Waals surface area contributed by atoms with Crippen molar-refractivity contribution in [3.63, 3.8) is 0 Å². The molecule has 1 aromatic carbocycles. The summed E-state index contributed by atoms with van der Waals surface area (Å²) in [7, 11) is 0. The third-order valence-corrected chi connectivity index (χ3v) is 3.72. The van der Waals surface area contributed by atoms with Crippen LogP contribution in [0, 0.1) is 0 Å². The summed E-state index contributed by atoms with van der Waals surface area (Å²) in [4.78, 5) is 2.32. The molecule has 102 valence electrons. The maximum atomic E-state index is 6.14. The summed E-state index contributed by atoms with van der Waals surface area (Å²) in [6.45, 7) is 14.4. The number of fused-ring (bicyclic) bond motifs is 1. The van der Waals surface area contributed by atoms with Gasteiger partial charge in [0.25, 0.3) is 0 Å². The van der Waals surface area contributed by atoms with Crippen molar-refractivity contribution in [2.75, 3.05) is 18.0 Å². The third-order valence-electron chi connectivity index (χ3n) is 3.72. The normalized spacial score (nSPS) is 16.1. The average Bonchev–Trinajstić information content (AvgIpc) is 2.38. The molecular formula is C17H23NO. The van der Waals surface area contributed by atoms with Crippen LogP contribution in [0.1, 0.15) is 33.3 Å². The smallest absolute Gasteiger partial charge is 0.129 e. The number of ether oxygens (including phenoxy) is 1. The second-order valence-corrected chi connectivity index (χ2v) is 5.31. The van der Waals surface area contributed by atoms with Gasteiger partial charge in [-0.2, -0.15) is 0 Å². The molecule has 0 radical (unpaired) electrons. The molecule has 2 rings (SSSR count). The summed E-state index contributed by atoms with van der Waals surface area (Å²) < 4.78 is 6.14. The van der Waals surface area contributed by atoms with Crippen LogP contribution in [0.3, 0.4) is 0 Å². The maximum Gasteiger partial charge on any atom is 0.129 e. The Morgan fingerprint density at radius 1 is 1.26 bits per heavy atom. The van der Waals surface area contributed by atoms with Crippen molar-refractivity contribution >= 4 is 11.8 Å². The first-order valence-electron chi connectivity index (χ1n) is 6.94. The molecule has 0 amide bonds. The number of nitrogens with zero attached hydrogens (tertiary/aromatic N) is 1. The molecule has 19 heavy (non-hydrogen) atoms. The fraction of sp³-hybridized carbons (Fsp3) is 0.412. The van der Waals surface area contributed by atoms with Crippen LogP contribution in [0.2, 0.25) is 0 Å². The van der Waals surface area contributed by atoms with Crippen molar-refractivity contribution in [2.45, 2.75) is 33.3 Å². The van der Waals surface area contributed by atoms with E-state index in [1.807, 2.05) is 6.08 Å². The van der Waals surface area contributed by atoms with E-state index >= 15 is 0 Å². The van der Waals surface area contributed by atoms with Gasteiger partial charge in [0, 0.05) is 30.4 Å². The van der Waals surface area contributed by atoms with E-state index < -0.39 is 0 Å². The standard InChI is InChI=1S/C17H23NO/c1-6-14-11-13-9-10-15(18(7-2)8-3)12-16(13)19-17(14,4)5/h6,9-12H,1,7-8H2,2-5H3. The Morgan fingerprint density at radius 2 is 1.95 bits per heavy atom. The Hall–Kier alpha value is -1.70. The molecule has 0 atom stereocenters. The molecule has 0 unspecified atom stereocenters. The minimum Gasteiger partial charge on any atom is -0.482 e. The van der Waals surface area contributed by atoms with Crippen LogP contribution in [-0.4, -0.2) is 18.7 Å². The van der Waals surface area contributed by atoms with E-state index in [0.29, 0.717) is 0 Å². The second-order valence-electron chi connectivity index (χ2n) is 5.31. The van der Waals surface area contributed by atoms with Crippen LogP contribution >= 0.6 is 0 Å². The molecule has 1 aromatic rings. The Balaban J connectivity index is 2.43. The maximum absolute atomic E-state index is 6.14. The highest BCUT2D eigenvalue weighted by molar-refractivity contribution is 5.69. The van der Waals surface area contributed by atoms with Gasteiger partial charge in [0.15, 0.2) is 0 Å². The molecule has 0 fully saturated rings. The molecule has 0 N–H and O–H groups in total. The molecule has 0 saturated carbocycles. The summed E-state index contributed by atoms with van der Waals surface area (Å²) in [5.74, 6) is 0.958. The molecule has 0 spiro atoms. The zero-order valence-electron chi connectivity index (χ0n) is 12.4. The summed E-state index contributed by atoms with van der Waals surface area (Å²) in [6, 6.07) is 6.42. The first-order chi connectivity index (χ1) is 9.01. The molecule has 0 aliphatic carbocycles. The predicted molar refractivity (Wildman–Crippen MR) is 82.9 cm³/mol. The molecule has 2 heteroatoms. The first-order valence-corrected chi connectivity index (χ1v) is 6.94. The average molecular weight is 257 g/mol. The van der Waals surface area contributed by atoms with Gasteiger partial charge < -0.3 is 9.64 Å². The summed E-state index contributed by atoms with van der Waals surface area (Å²) in [6.07, 6.45) is 4.04. The van der Waals surface area contributed by atoms with Crippen LogP contribution in [0.25, 0.3) is 6.08 Å². The Bertz CT molecular complexity index is 510. The lowest BCUT2D eigenvalue weighted by Gasteiger charge is -2.33. The van der Waals surface area contributed by atoms with Gasteiger partial charge in [-0.25, -0.2) is 0 Å². The van der Waals surface area contributed by atoms with E-state index in [0.717, 1.165) is 30.0 Å². The third kappa shape index (κ3) is 2.53. The van der Waals surface area contributed by atoms with Crippen molar-refractivity contribution < 1.29 is 4.74 Å². The van der Waals surface area contributed by atoms with Crippen molar-refractivity contribution in [3.8, 4) is 5.75 Å². The lowest BCUT2D eigenvalue weighted by Crippen LogP contribution is -2.32. The number of rotatable bonds is 4. The van der Waals surface area contributed by atoms with Gasteiger partial charge in [0.2, 0.25) is 0 Å². The molecule has 0 aromatic heterocycles. The van der Waals surface area contributed by atoms with Crippen molar-refractivity contribution in [1.82, 2.24) is 0 Å². The van der Waals surface area contributed by atoms with Gasteiger partial charge >= 0.3 is 0 Å². The van der Waals surface area contributed by atoms with Gasteiger partial charge in [-0.3, -0.25) is 0 Å². The minimum atomic E-state index is -0.309. The minimum absolute atomic E-state index is 0.309. The largest absolute Gasteiger partial charge is 0.482 e. The van der Waals surface area contributed by atoms with Crippen LogP contribution in [0.15, 0.2) is 36.4 Å². The highest BCUT2D eigenvalue weighted by Crippen LogP contribution is 2.37. The summed E-state index contributed by atoms with van der Waals surface area (Å²) in [5.41, 5.74) is 3.16. The summed E-state index contributed by atoms with van der Waals surface area (Å²) >= 11 is 0. The van der Waals surface area contributed by atoms with Crippen LogP contribution in [0.4, 0.5) is 5.69 Å². The fourth-order valence-electron chi connectivity index (χ4n) is 2.50. The summed E-state index contributed by atoms with van der Waals surface area (Å²) in [5, 5.41) is 0. The molecule has 0 bridgehead atoms. The van der Waals surface area contributed by atoms with E-state index in [1.165, 1.54) is 5.69 Å². The first kappa shape index (κ1) is 13.7. The second kappa shape index (κ2) is 5.12. The molecular weight excluding hydrogens is 234 g/mol. The highest BCUT2D eigenvalue weighted by Gasteiger charge is 2.28. The van der Waals surface area contributed by atoms with E-state index in [2.05, 4.69) is 63.4 Å². The Labute approximate surface area is 116 Å². The lowest BCUT2D eigenvalue weighted by atomic mass is 9.92. The van der Waals surface area contributed by atoms with Crippen LogP contribution in [0.5, 0.6) is 5.75 Å². The van der Waals surface area contributed by atoms with Gasteiger partial charge in [-0.05, 0) is 51.5 Å². The Morgan fingerprint density at radius 3 is 2.53 bits per heavy atom. The SMILES string of the molecule is C=CC1=Cc2ccc(N(CC)CC)cc2OC1(C)C. The van der Waals surface area contributed by atoms with Crippen molar-refractivity contribution in [3.05, 3.63) is 42.0 Å². The van der Waals surface area contributed by atoms with Gasteiger partial charge in [-0.1, -0.05) is 12.7 Å². The molecule has 2 nitrogen and oxygen atoms in total. The van der Waals surface area contributed by atoms with E-state index in [9.17, 15) is 0 Å². The van der Waals surface area contributed by atoms with E-state index in [1.54, 1.807) is 0 Å². The van der Waals surface area contributed by atoms with Crippen molar-refractivity contribution in [1.29, 1.82) is 0 Å². The molecule has 1 aliphatic heterocycles. The zero-order valence-corrected chi connectivity index (χ0v) is 12.4. The van der Waals surface area contributed by atoms with Gasteiger partial charge in [0.1, 0.15) is 11.4 Å². The van der Waals surface area contributed by atoms with E-state index in [-0.39, 0.29) is 5.60 Å². The van der Waals surface area contributed by atoms with Gasteiger partial charge in [0.05, 0.1) is 0 Å². The lowest BCUT2D eigenvalue weighted by molar-refractivity contribution is 0.149. The number of benzene rings is 1. The molecule has 0 saturated heterocycles. The van der Waals surface area contributed by atoms with Crippen molar-refractivity contribution in [2.24, 2.45) is 0 Å². The number of hydrogen-bond acceptors (Lipinski definition) is 2. The highest BCUT2D eigenvalue weighted by atomic mass is 16.5. The zero-order chi connectivity index (χ0) is 14.0. The molecule has 1 aliphatic rings. The quantitative estimate of drug-likeness (QED) is 0.798. The van der Waals surface area contributed by atoms with Crippen LogP contribution in [-0.2, 0) is 0 Å². The Kier molecular flexibility index (Phi) is 3.70. The number of anilines is 1. The van der Waals surface area contributed by atoms with Gasteiger partial charge in [-0.15, -0.1) is 0 Å². The number of hydrogen-bond donors (Lipinski definition) is 0. The monoisotopic (exact) mass is 257 g/mol. The van der Waals surface area contributed by atoms with Crippen LogP contribution < -0.4 is 9.64 Å². The molecule has 1 heterocycles. The topological polar surface area (TPSA) is 12.5 Å². The van der Waals surface area contributed by atoms with E-state index in [4.69, 9.17) is 4.74 Å². The fourth-order valence-corrected chi connectivity index (χ4v) is 2.50.